The van der Waals surface area contributed by atoms with Gasteiger partial charge in [-0.15, -0.1) is 0 Å². The molecule has 0 unspecified atom stereocenters. The second-order valence-corrected chi connectivity index (χ2v) is 10.1. The summed E-state index contributed by atoms with van der Waals surface area (Å²) in [6, 6.07) is 19.1. The Morgan fingerprint density at radius 3 is 2.47 bits per heavy atom. The first kappa shape index (κ1) is 24.4. The van der Waals surface area contributed by atoms with Gasteiger partial charge in [-0.3, -0.25) is 24.4 Å². The molecule has 5 rings (SSSR count). The number of nitrogens with one attached hydrogen (secondary N) is 1. The van der Waals surface area contributed by atoms with Crippen LogP contribution in [-0.4, -0.2) is 58.8 Å². The Labute approximate surface area is 212 Å². The van der Waals surface area contributed by atoms with E-state index in [0.29, 0.717) is 0 Å². The average molecular weight is 486 g/mol. The first-order chi connectivity index (χ1) is 17.6. The molecule has 1 aromatic heterocycles. The average Bonchev–Trinajstić information content (AvgIpc) is 2.92. The molecule has 2 fully saturated rings. The molecule has 3 N–H and O–H groups in total. The molecule has 2 amide bonds. The molecule has 36 heavy (non-hydrogen) atoms. The zero-order chi connectivity index (χ0) is 24.9. The van der Waals surface area contributed by atoms with Gasteiger partial charge in [0.25, 0.3) is 0 Å². The number of carbonyl (C=O) groups excluding carboxylic acids is 2. The number of nitrogens with zero attached hydrogens (tertiary/aromatic N) is 3. The summed E-state index contributed by atoms with van der Waals surface area (Å²) in [6.07, 6.45) is 6.02. The van der Waals surface area contributed by atoms with E-state index >= 15 is 0 Å². The third-order valence-electron chi connectivity index (χ3n) is 7.70. The highest BCUT2D eigenvalue weighted by atomic mass is 16.2. The number of para-hydroxylation sites is 1. The van der Waals surface area contributed by atoms with Crippen molar-refractivity contribution >= 4 is 22.7 Å². The number of amides is 2. The van der Waals surface area contributed by atoms with Gasteiger partial charge in [0, 0.05) is 50.3 Å². The Kier molecular flexibility index (Phi) is 7.58. The number of carbonyl (C=O) groups is 2. The van der Waals surface area contributed by atoms with Crippen LogP contribution >= 0.6 is 0 Å². The largest absolute Gasteiger partial charge is 0.368 e. The summed E-state index contributed by atoms with van der Waals surface area (Å²) in [4.78, 5) is 35.1. The van der Waals surface area contributed by atoms with Crippen LogP contribution in [0.3, 0.4) is 0 Å². The maximum absolute atomic E-state index is 13.4. The first-order valence-corrected chi connectivity index (χ1v) is 13.0. The van der Waals surface area contributed by atoms with Crippen LogP contribution in [0.4, 0.5) is 0 Å². The van der Waals surface area contributed by atoms with E-state index in [1.54, 1.807) is 0 Å². The van der Waals surface area contributed by atoms with Crippen molar-refractivity contribution in [3.05, 3.63) is 78.0 Å². The summed E-state index contributed by atoms with van der Waals surface area (Å²) in [5.41, 5.74) is 8.64. The Bertz CT molecular complexity index is 1190. The smallest absolute Gasteiger partial charge is 0.244 e. The number of fused-ring (bicyclic) bond motifs is 1. The lowest BCUT2D eigenvalue weighted by Gasteiger charge is -2.44. The third kappa shape index (κ3) is 5.58. The number of piperazine rings is 1. The van der Waals surface area contributed by atoms with Crippen molar-refractivity contribution in [3.8, 4) is 0 Å². The number of rotatable bonds is 7. The quantitative estimate of drug-likeness (QED) is 0.536. The predicted molar refractivity (Wildman–Crippen MR) is 141 cm³/mol. The molecular weight excluding hydrogens is 450 g/mol. The van der Waals surface area contributed by atoms with Gasteiger partial charge in [-0.2, -0.15) is 0 Å². The van der Waals surface area contributed by atoms with Gasteiger partial charge in [0.2, 0.25) is 11.8 Å². The van der Waals surface area contributed by atoms with Crippen LogP contribution in [0.1, 0.15) is 42.9 Å². The van der Waals surface area contributed by atoms with Gasteiger partial charge >= 0.3 is 0 Å². The summed E-state index contributed by atoms with van der Waals surface area (Å²) < 4.78 is 0. The predicted octanol–water partition coefficient (Wildman–Crippen LogP) is 3.25. The molecular formula is C29H35N5O2. The van der Waals surface area contributed by atoms with Crippen molar-refractivity contribution in [2.75, 3.05) is 26.2 Å². The SMILES string of the molecule is NC(=O)[C@@H](NC(=O)[C@@H]1CCCC[C@H]1N1CCN(Cc2cnc3ccccc3c2)CC1)c1ccccc1. The maximum atomic E-state index is 13.4. The van der Waals surface area contributed by atoms with E-state index < -0.39 is 11.9 Å². The fourth-order valence-corrected chi connectivity index (χ4v) is 5.78. The molecule has 3 atom stereocenters. The summed E-state index contributed by atoms with van der Waals surface area (Å²) in [5.74, 6) is -0.712. The van der Waals surface area contributed by atoms with E-state index in [0.717, 1.165) is 69.5 Å². The Morgan fingerprint density at radius 1 is 0.972 bits per heavy atom. The van der Waals surface area contributed by atoms with E-state index in [2.05, 4.69) is 38.3 Å². The van der Waals surface area contributed by atoms with E-state index in [1.165, 1.54) is 10.9 Å². The highest BCUT2D eigenvalue weighted by Crippen LogP contribution is 2.30. The monoisotopic (exact) mass is 485 g/mol. The summed E-state index contributed by atoms with van der Waals surface area (Å²) in [7, 11) is 0. The number of primary amides is 1. The van der Waals surface area contributed by atoms with Crippen LogP contribution in [0.5, 0.6) is 0 Å². The molecule has 2 aliphatic rings. The Morgan fingerprint density at radius 2 is 1.69 bits per heavy atom. The number of hydrogen-bond acceptors (Lipinski definition) is 5. The molecule has 2 aromatic carbocycles. The lowest BCUT2D eigenvalue weighted by atomic mass is 9.82. The van der Waals surface area contributed by atoms with Crippen LogP contribution in [0, 0.1) is 5.92 Å². The van der Waals surface area contributed by atoms with E-state index in [4.69, 9.17) is 5.73 Å². The molecule has 7 nitrogen and oxygen atoms in total. The minimum Gasteiger partial charge on any atom is -0.368 e. The molecule has 0 spiro atoms. The lowest BCUT2D eigenvalue weighted by Crippen LogP contribution is -2.55. The maximum Gasteiger partial charge on any atom is 0.244 e. The molecule has 0 radical (unpaired) electrons. The minimum absolute atomic E-state index is 0.0583. The lowest BCUT2D eigenvalue weighted by molar-refractivity contribution is -0.133. The van der Waals surface area contributed by atoms with E-state index in [9.17, 15) is 9.59 Å². The zero-order valence-corrected chi connectivity index (χ0v) is 20.7. The van der Waals surface area contributed by atoms with Gasteiger partial charge in [0.05, 0.1) is 11.4 Å². The fraction of sp³-hybridized carbons (Fsp3) is 0.414. The van der Waals surface area contributed by atoms with Crippen LogP contribution in [-0.2, 0) is 16.1 Å². The van der Waals surface area contributed by atoms with Crippen LogP contribution in [0.25, 0.3) is 10.9 Å². The van der Waals surface area contributed by atoms with Crippen molar-refractivity contribution in [3.63, 3.8) is 0 Å². The van der Waals surface area contributed by atoms with Crippen molar-refractivity contribution in [1.82, 2.24) is 20.1 Å². The van der Waals surface area contributed by atoms with Gasteiger partial charge in [-0.05, 0) is 36.1 Å². The molecule has 3 aromatic rings. The Hall–Kier alpha value is -3.29. The molecule has 1 aliphatic carbocycles. The van der Waals surface area contributed by atoms with Gasteiger partial charge < -0.3 is 11.1 Å². The highest BCUT2D eigenvalue weighted by molar-refractivity contribution is 5.88. The first-order valence-electron chi connectivity index (χ1n) is 13.0. The molecule has 188 valence electrons. The van der Waals surface area contributed by atoms with Gasteiger partial charge in [-0.25, -0.2) is 0 Å². The Balaban J connectivity index is 1.20. The summed E-state index contributed by atoms with van der Waals surface area (Å²) >= 11 is 0. The molecule has 1 aliphatic heterocycles. The zero-order valence-electron chi connectivity index (χ0n) is 20.7. The summed E-state index contributed by atoms with van der Waals surface area (Å²) in [6.45, 7) is 4.69. The molecule has 7 heteroatoms. The fourth-order valence-electron chi connectivity index (χ4n) is 5.78. The number of hydrogen-bond donors (Lipinski definition) is 2. The van der Waals surface area contributed by atoms with Gasteiger partial charge in [0.1, 0.15) is 6.04 Å². The number of aromatic nitrogens is 1. The summed E-state index contributed by atoms with van der Waals surface area (Å²) in [5, 5.41) is 4.15. The number of pyridine rings is 1. The molecule has 1 saturated carbocycles. The number of benzene rings is 2. The molecule has 2 heterocycles. The van der Waals surface area contributed by atoms with Crippen LogP contribution in [0.2, 0.25) is 0 Å². The highest BCUT2D eigenvalue weighted by Gasteiger charge is 2.37. The van der Waals surface area contributed by atoms with Crippen LogP contribution < -0.4 is 11.1 Å². The normalized spacial score (nSPS) is 22.2. The molecule has 1 saturated heterocycles. The van der Waals surface area contributed by atoms with E-state index in [1.807, 2.05) is 48.7 Å². The van der Waals surface area contributed by atoms with Gasteiger partial charge in [-0.1, -0.05) is 61.4 Å². The molecule has 0 bridgehead atoms. The van der Waals surface area contributed by atoms with Crippen molar-refractivity contribution in [2.24, 2.45) is 11.7 Å². The van der Waals surface area contributed by atoms with Crippen molar-refractivity contribution in [1.29, 1.82) is 0 Å². The minimum atomic E-state index is -0.798. The third-order valence-corrected chi connectivity index (χ3v) is 7.70. The second kappa shape index (κ2) is 11.2. The second-order valence-electron chi connectivity index (χ2n) is 10.1. The van der Waals surface area contributed by atoms with Crippen LogP contribution in [0.15, 0.2) is 66.9 Å². The number of nitrogens with two attached hydrogens (primary N) is 1. The van der Waals surface area contributed by atoms with E-state index in [-0.39, 0.29) is 17.9 Å². The van der Waals surface area contributed by atoms with Crippen molar-refractivity contribution < 1.29 is 9.59 Å². The van der Waals surface area contributed by atoms with Gasteiger partial charge in [0.15, 0.2) is 0 Å². The standard InChI is InChI=1S/C29H35N5O2/c30-28(35)27(22-8-2-1-3-9-22)32-29(36)24-11-5-7-13-26(24)34-16-14-33(15-17-34)20-21-18-23-10-4-6-12-25(23)31-19-21/h1-4,6,8-10,12,18-19,24,26-27H,5,7,11,13-17,20H2,(H2,30,35)(H,32,36)/t24-,26-,27+/m1/s1. The van der Waals surface area contributed by atoms with Crippen molar-refractivity contribution in [2.45, 2.75) is 44.3 Å². The topological polar surface area (TPSA) is 91.6 Å².